The van der Waals surface area contributed by atoms with Crippen molar-refractivity contribution in [3.8, 4) is 0 Å². The Morgan fingerprint density at radius 2 is 2.07 bits per heavy atom. The number of anilines is 2. The summed E-state index contributed by atoms with van der Waals surface area (Å²) in [5.41, 5.74) is -0.184. The highest BCUT2D eigenvalue weighted by Gasteiger charge is 2.58. The number of nitrogens with zero attached hydrogens (tertiary/aromatic N) is 2. The molecule has 4 rings (SSSR count). The van der Waals surface area contributed by atoms with Gasteiger partial charge in [-0.25, -0.2) is 9.18 Å². The van der Waals surface area contributed by atoms with E-state index in [0.717, 1.165) is 23.1 Å². The zero-order chi connectivity index (χ0) is 21.5. The first-order valence-corrected chi connectivity index (χ1v) is 9.65. The van der Waals surface area contributed by atoms with Gasteiger partial charge in [-0.05, 0) is 18.2 Å². The normalized spacial score (nSPS) is 19.2. The van der Waals surface area contributed by atoms with E-state index in [2.05, 4.69) is 5.32 Å². The van der Waals surface area contributed by atoms with E-state index < -0.39 is 45.5 Å². The molecule has 2 aromatic carbocycles. The minimum atomic E-state index is -1.28. The van der Waals surface area contributed by atoms with Gasteiger partial charge in [-0.3, -0.25) is 24.6 Å². The van der Waals surface area contributed by atoms with Gasteiger partial charge >= 0.3 is 5.97 Å². The first-order valence-electron chi connectivity index (χ1n) is 8.84. The number of nitro benzene ring substituents is 1. The predicted octanol–water partition coefficient (Wildman–Crippen LogP) is 2.84. The SMILES string of the molecule is O=C(COC(=O)[C@]12CCC(=O)N1c1ccccc1S2)Nc1cc([N+](=O)[O-])ccc1F. The Morgan fingerprint density at radius 3 is 2.83 bits per heavy atom. The van der Waals surface area contributed by atoms with Crippen LogP contribution in [-0.2, 0) is 19.1 Å². The quantitative estimate of drug-likeness (QED) is 0.439. The number of benzene rings is 2. The predicted molar refractivity (Wildman–Crippen MR) is 104 cm³/mol. The van der Waals surface area contributed by atoms with Crippen molar-refractivity contribution in [3.63, 3.8) is 0 Å². The van der Waals surface area contributed by atoms with Crippen LogP contribution in [0.3, 0.4) is 0 Å². The van der Waals surface area contributed by atoms with E-state index >= 15 is 0 Å². The Morgan fingerprint density at radius 1 is 1.30 bits per heavy atom. The lowest BCUT2D eigenvalue weighted by Crippen LogP contribution is -2.48. The Labute approximate surface area is 173 Å². The number of rotatable bonds is 5. The second-order valence-electron chi connectivity index (χ2n) is 6.63. The van der Waals surface area contributed by atoms with Crippen molar-refractivity contribution in [3.05, 3.63) is 58.4 Å². The Balaban J connectivity index is 1.45. The maximum atomic E-state index is 13.8. The number of para-hydroxylation sites is 1. The first-order chi connectivity index (χ1) is 14.3. The van der Waals surface area contributed by atoms with Crippen LogP contribution in [0.5, 0.6) is 0 Å². The molecule has 154 valence electrons. The van der Waals surface area contributed by atoms with E-state index in [1.54, 1.807) is 24.3 Å². The molecule has 0 radical (unpaired) electrons. The number of nitrogens with one attached hydrogen (secondary N) is 1. The van der Waals surface area contributed by atoms with E-state index in [1.165, 1.54) is 16.7 Å². The van der Waals surface area contributed by atoms with Crippen LogP contribution in [0, 0.1) is 15.9 Å². The molecule has 1 fully saturated rings. The van der Waals surface area contributed by atoms with Crippen LogP contribution >= 0.6 is 11.8 Å². The molecule has 0 spiro atoms. The maximum Gasteiger partial charge on any atom is 0.344 e. The zero-order valence-corrected chi connectivity index (χ0v) is 16.1. The van der Waals surface area contributed by atoms with Gasteiger partial charge in [0, 0.05) is 29.9 Å². The number of halogens is 1. The number of hydrogen-bond acceptors (Lipinski definition) is 7. The van der Waals surface area contributed by atoms with Gasteiger partial charge < -0.3 is 10.1 Å². The van der Waals surface area contributed by atoms with Crippen LogP contribution in [0.1, 0.15) is 12.8 Å². The fraction of sp³-hybridized carbons (Fsp3) is 0.211. The lowest BCUT2D eigenvalue weighted by atomic mass is 10.2. The van der Waals surface area contributed by atoms with E-state index in [0.29, 0.717) is 5.69 Å². The first kappa shape index (κ1) is 19.8. The van der Waals surface area contributed by atoms with Crippen LogP contribution in [0.15, 0.2) is 47.4 Å². The number of hydrogen-bond donors (Lipinski definition) is 1. The molecule has 0 bridgehead atoms. The lowest BCUT2D eigenvalue weighted by Gasteiger charge is -2.28. The molecule has 2 amide bonds. The number of amides is 2. The summed E-state index contributed by atoms with van der Waals surface area (Å²) in [7, 11) is 0. The summed E-state index contributed by atoms with van der Waals surface area (Å²) in [5, 5.41) is 13.0. The Kier molecular flexibility index (Phi) is 4.90. The van der Waals surface area contributed by atoms with Crippen molar-refractivity contribution >= 4 is 46.6 Å². The molecule has 9 nitrogen and oxygen atoms in total. The molecule has 0 saturated carbocycles. The van der Waals surface area contributed by atoms with Crippen molar-refractivity contribution in [2.45, 2.75) is 22.6 Å². The molecule has 1 saturated heterocycles. The average Bonchev–Trinajstić information content (AvgIpc) is 3.23. The summed E-state index contributed by atoms with van der Waals surface area (Å²) in [4.78, 5) is 48.3. The Hall–Kier alpha value is -3.47. The van der Waals surface area contributed by atoms with Gasteiger partial charge in [-0.1, -0.05) is 23.9 Å². The van der Waals surface area contributed by atoms with Crippen LogP contribution in [0.4, 0.5) is 21.5 Å². The molecule has 0 aliphatic carbocycles. The molecule has 2 heterocycles. The average molecular weight is 431 g/mol. The van der Waals surface area contributed by atoms with Crippen molar-refractivity contribution in [1.82, 2.24) is 0 Å². The smallest absolute Gasteiger partial charge is 0.344 e. The van der Waals surface area contributed by atoms with E-state index in [-0.39, 0.29) is 18.7 Å². The fourth-order valence-electron chi connectivity index (χ4n) is 3.42. The van der Waals surface area contributed by atoms with Crippen LogP contribution in [0.2, 0.25) is 0 Å². The fourth-order valence-corrected chi connectivity index (χ4v) is 4.84. The van der Waals surface area contributed by atoms with Gasteiger partial charge in [0.15, 0.2) is 11.5 Å². The van der Waals surface area contributed by atoms with Crippen molar-refractivity contribution in [1.29, 1.82) is 0 Å². The summed E-state index contributed by atoms with van der Waals surface area (Å²) in [6.07, 6.45) is 0.396. The van der Waals surface area contributed by atoms with E-state index in [4.69, 9.17) is 4.74 Å². The number of carbonyl (C=O) groups is 3. The number of thioether (sulfide) groups is 1. The van der Waals surface area contributed by atoms with Crippen LogP contribution in [-0.4, -0.2) is 34.2 Å². The minimum absolute atomic E-state index is 0.168. The number of esters is 1. The lowest BCUT2D eigenvalue weighted by molar-refractivity contribution is -0.384. The van der Waals surface area contributed by atoms with Crippen molar-refractivity contribution in [2.24, 2.45) is 0 Å². The summed E-state index contributed by atoms with van der Waals surface area (Å²) in [6, 6.07) is 9.76. The van der Waals surface area contributed by atoms with E-state index in [1.807, 2.05) is 0 Å². The molecule has 2 aliphatic rings. The van der Waals surface area contributed by atoms with Crippen LogP contribution in [0.25, 0.3) is 0 Å². The van der Waals surface area contributed by atoms with Gasteiger partial charge in [0.25, 0.3) is 11.6 Å². The van der Waals surface area contributed by atoms with Gasteiger partial charge in [0.05, 0.1) is 16.3 Å². The topological polar surface area (TPSA) is 119 Å². The summed E-state index contributed by atoms with van der Waals surface area (Å²) in [5.74, 6) is -2.71. The number of fused-ring (bicyclic) bond motifs is 3. The summed E-state index contributed by atoms with van der Waals surface area (Å²) in [6.45, 7) is -0.734. The summed E-state index contributed by atoms with van der Waals surface area (Å²) >= 11 is 1.19. The second kappa shape index (κ2) is 7.41. The molecule has 2 aliphatic heterocycles. The van der Waals surface area contributed by atoms with E-state index in [9.17, 15) is 28.9 Å². The molecule has 1 atom stereocenters. The molecule has 2 aromatic rings. The second-order valence-corrected chi connectivity index (χ2v) is 7.95. The van der Waals surface area contributed by atoms with Gasteiger partial charge in [0.1, 0.15) is 5.82 Å². The standard InChI is InChI=1S/C19H14FN3O6S/c20-12-6-5-11(23(27)28)9-13(12)21-16(24)10-29-18(26)19-8-7-17(25)22(19)14-3-1-2-4-15(14)30-19/h1-6,9H,7-8,10H2,(H,21,24)/t19-/m1/s1. The highest BCUT2D eigenvalue weighted by Crippen LogP contribution is 2.56. The third-order valence-electron chi connectivity index (χ3n) is 4.76. The number of nitro groups is 1. The van der Waals surface area contributed by atoms with Crippen molar-refractivity contribution < 1.29 is 28.4 Å². The van der Waals surface area contributed by atoms with Gasteiger partial charge in [-0.2, -0.15) is 0 Å². The van der Waals surface area contributed by atoms with Gasteiger partial charge in [0.2, 0.25) is 5.91 Å². The number of non-ortho nitro benzene ring substituents is 1. The molecule has 0 aromatic heterocycles. The summed E-state index contributed by atoms with van der Waals surface area (Å²) < 4.78 is 19.0. The maximum absolute atomic E-state index is 13.8. The molecule has 30 heavy (non-hydrogen) atoms. The number of ether oxygens (including phenoxy) is 1. The number of carbonyl (C=O) groups excluding carboxylic acids is 3. The highest BCUT2D eigenvalue weighted by molar-refractivity contribution is 8.02. The zero-order valence-electron chi connectivity index (χ0n) is 15.3. The third-order valence-corrected chi connectivity index (χ3v) is 6.22. The third kappa shape index (κ3) is 3.26. The minimum Gasteiger partial charge on any atom is -0.453 e. The largest absolute Gasteiger partial charge is 0.453 e. The highest BCUT2D eigenvalue weighted by atomic mass is 32.2. The van der Waals surface area contributed by atoms with Crippen LogP contribution < -0.4 is 10.2 Å². The van der Waals surface area contributed by atoms with Gasteiger partial charge in [-0.15, -0.1) is 0 Å². The molecule has 1 N–H and O–H groups in total. The monoisotopic (exact) mass is 431 g/mol. The molecule has 0 unspecified atom stereocenters. The Bertz CT molecular complexity index is 1090. The molecular formula is C19H14FN3O6S. The van der Waals surface area contributed by atoms with Crippen molar-refractivity contribution in [2.75, 3.05) is 16.8 Å². The molecule has 11 heteroatoms. The molecular weight excluding hydrogens is 417 g/mol.